The molecule has 1 heterocycles. The second-order valence-electron chi connectivity index (χ2n) is 4.65. The molecule has 0 unspecified atom stereocenters. The summed E-state index contributed by atoms with van der Waals surface area (Å²) in [5.74, 6) is 0. The van der Waals surface area contributed by atoms with Crippen LogP contribution in [0.25, 0.3) is 22.0 Å². The number of rotatable bonds is 1. The van der Waals surface area contributed by atoms with Crippen LogP contribution in [0, 0.1) is 13.0 Å². The van der Waals surface area contributed by atoms with Crippen LogP contribution in [0.2, 0.25) is 0 Å². The second-order valence-corrected chi connectivity index (χ2v) is 4.65. The molecular formula is C16H10F3N2. The molecule has 2 nitrogen and oxygen atoms in total. The number of hydrogen-bond donors (Lipinski definition) is 0. The van der Waals surface area contributed by atoms with E-state index in [1.165, 1.54) is 12.1 Å². The molecule has 2 aromatic carbocycles. The summed E-state index contributed by atoms with van der Waals surface area (Å²) in [4.78, 5) is 0. The molecule has 105 valence electrons. The molecule has 0 amide bonds. The number of aryl methyl sites for hydroxylation is 1. The van der Waals surface area contributed by atoms with E-state index in [4.69, 9.17) is 0 Å². The van der Waals surface area contributed by atoms with Crippen molar-refractivity contribution in [3.05, 3.63) is 59.8 Å². The molecule has 1 aromatic heterocycles. The molecule has 0 aliphatic rings. The summed E-state index contributed by atoms with van der Waals surface area (Å²) < 4.78 is 39.5. The summed E-state index contributed by atoms with van der Waals surface area (Å²) in [6.07, 6.45) is -4.43. The summed E-state index contributed by atoms with van der Waals surface area (Å²) in [5, 5.41) is 9.34. The smallest absolute Gasteiger partial charge is 0.166 e. The van der Waals surface area contributed by atoms with Gasteiger partial charge in [-0.3, -0.25) is 0 Å². The fourth-order valence-corrected chi connectivity index (χ4v) is 2.30. The number of fused-ring (bicyclic) bond motifs is 1. The third-order valence-electron chi connectivity index (χ3n) is 3.30. The summed E-state index contributed by atoms with van der Waals surface area (Å²) in [5.41, 5.74) is 0.221. The predicted molar refractivity (Wildman–Crippen MR) is 73.5 cm³/mol. The van der Waals surface area contributed by atoms with E-state index in [2.05, 4.69) is 16.3 Å². The van der Waals surface area contributed by atoms with E-state index < -0.39 is 11.7 Å². The molecule has 1 radical (unpaired) electrons. The molecule has 0 spiro atoms. The van der Waals surface area contributed by atoms with Gasteiger partial charge in [0.25, 0.3) is 0 Å². The predicted octanol–water partition coefficient (Wildman–Crippen LogP) is 4.42. The highest BCUT2D eigenvalue weighted by Gasteiger charge is 2.34. The van der Waals surface area contributed by atoms with E-state index in [-0.39, 0.29) is 11.3 Å². The van der Waals surface area contributed by atoms with Crippen LogP contribution >= 0.6 is 0 Å². The average molecular weight is 287 g/mol. The first kappa shape index (κ1) is 13.5. The van der Waals surface area contributed by atoms with E-state index in [1.807, 2.05) is 0 Å². The fraction of sp³-hybridized carbons (Fsp3) is 0.125. The van der Waals surface area contributed by atoms with Crippen molar-refractivity contribution >= 4 is 10.8 Å². The van der Waals surface area contributed by atoms with Crippen LogP contribution in [0.1, 0.15) is 11.3 Å². The summed E-state index contributed by atoms with van der Waals surface area (Å²) in [6, 6.07) is 13.4. The van der Waals surface area contributed by atoms with Crippen molar-refractivity contribution in [2.75, 3.05) is 0 Å². The summed E-state index contributed by atoms with van der Waals surface area (Å²) in [7, 11) is 0. The lowest BCUT2D eigenvalue weighted by molar-refractivity contribution is -0.137. The van der Waals surface area contributed by atoms with E-state index >= 15 is 0 Å². The monoisotopic (exact) mass is 287 g/mol. The Labute approximate surface area is 119 Å². The van der Waals surface area contributed by atoms with Gasteiger partial charge in [-0.05, 0) is 25.1 Å². The Balaban J connectivity index is 2.35. The average Bonchev–Trinajstić information content (AvgIpc) is 2.47. The minimum Gasteiger partial charge on any atom is -0.166 e. The quantitative estimate of drug-likeness (QED) is 0.662. The third-order valence-corrected chi connectivity index (χ3v) is 3.30. The molecule has 3 rings (SSSR count). The maximum absolute atomic E-state index is 13.2. The number of nitrogens with zero attached hydrogens (tertiary/aromatic N) is 2. The topological polar surface area (TPSA) is 25.8 Å². The van der Waals surface area contributed by atoms with Crippen LogP contribution in [-0.4, -0.2) is 10.2 Å². The van der Waals surface area contributed by atoms with Gasteiger partial charge in [-0.25, -0.2) is 0 Å². The van der Waals surface area contributed by atoms with Gasteiger partial charge in [0, 0.05) is 16.3 Å². The van der Waals surface area contributed by atoms with E-state index in [0.29, 0.717) is 11.1 Å². The molecule has 0 saturated carbocycles. The van der Waals surface area contributed by atoms with Gasteiger partial charge in [-0.1, -0.05) is 30.3 Å². The highest BCUT2D eigenvalue weighted by Crippen LogP contribution is 2.38. The number of benzene rings is 2. The largest absolute Gasteiger partial charge is 0.417 e. The van der Waals surface area contributed by atoms with E-state index in [0.717, 1.165) is 11.5 Å². The summed E-state index contributed by atoms with van der Waals surface area (Å²) in [6.45, 7) is 1.77. The van der Waals surface area contributed by atoms with Gasteiger partial charge in [0.2, 0.25) is 0 Å². The van der Waals surface area contributed by atoms with Gasteiger partial charge >= 0.3 is 6.18 Å². The zero-order valence-electron chi connectivity index (χ0n) is 11.1. The van der Waals surface area contributed by atoms with Crippen molar-refractivity contribution in [2.24, 2.45) is 0 Å². The maximum atomic E-state index is 13.2. The van der Waals surface area contributed by atoms with Gasteiger partial charge < -0.3 is 0 Å². The Morgan fingerprint density at radius 1 is 1.00 bits per heavy atom. The molecule has 0 N–H and O–H groups in total. The van der Waals surface area contributed by atoms with Crippen LogP contribution < -0.4 is 0 Å². The third kappa shape index (κ3) is 2.35. The van der Waals surface area contributed by atoms with Crippen molar-refractivity contribution in [1.29, 1.82) is 0 Å². The molecule has 0 aliphatic heterocycles. The number of alkyl halides is 3. The molecule has 0 saturated heterocycles. The zero-order valence-corrected chi connectivity index (χ0v) is 11.1. The van der Waals surface area contributed by atoms with E-state index in [1.54, 1.807) is 31.2 Å². The SMILES string of the molecule is Cc1nnc(-c2ccccc2C(F)(F)F)c2cc[c]cc12. The van der Waals surface area contributed by atoms with Crippen LogP contribution in [0.5, 0.6) is 0 Å². The van der Waals surface area contributed by atoms with Gasteiger partial charge in [-0.2, -0.15) is 18.3 Å². The lowest BCUT2D eigenvalue weighted by Gasteiger charge is -2.13. The number of hydrogen-bond acceptors (Lipinski definition) is 2. The standard InChI is InChI=1S/C16H10F3N2/c1-10-11-6-2-3-7-12(11)15(21-20-10)13-8-4-5-9-14(13)16(17,18)19/h3-9H,1H3. The van der Waals surface area contributed by atoms with Gasteiger partial charge in [0.05, 0.1) is 11.3 Å². The van der Waals surface area contributed by atoms with Gasteiger partial charge in [-0.15, -0.1) is 5.10 Å². The molecule has 0 bridgehead atoms. The lowest BCUT2D eigenvalue weighted by Crippen LogP contribution is -2.08. The molecular weight excluding hydrogens is 277 g/mol. The Hall–Kier alpha value is -2.43. The minimum absolute atomic E-state index is 0.0358. The minimum atomic E-state index is -4.43. The molecule has 5 heteroatoms. The maximum Gasteiger partial charge on any atom is 0.417 e. The van der Waals surface area contributed by atoms with Gasteiger partial charge in [0.1, 0.15) is 5.69 Å². The fourth-order valence-electron chi connectivity index (χ4n) is 2.30. The first-order valence-electron chi connectivity index (χ1n) is 6.28. The zero-order chi connectivity index (χ0) is 15.0. The normalized spacial score (nSPS) is 11.8. The lowest BCUT2D eigenvalue weighted by atomic mass is 9.99. The molecule has 21 heavy (non-hydrogen) atoms. The molecule has 0 aliphatic carbocycles. The molecule has 0 fully saturated rings. The molecule has 0 atom stereocenters. The van der Waals surface area contributed by atoms with Crippen molar-refractivity contribution in [1.82, 2.24) is 10.2 Å². The number of aromatic nitrogens is 2. The molecule has 3 aromatic rings. The first-order chi connectivity index (χ1) is 9.98. The van der Waals surface area contributed by atoms with Crippen molar-refractivity contribution in [3.63, 3.8) is 0 Å². The highest BCUT2D eigenvalue weighted by atomic mass is 19.4. The van der Waals surface area contributed by atoms with Crippen molar-refractivity contribution in [3.8, 4) is 11.3 Å². The van der Waals surface area contributed by atoms with E-state index in [9.17, 15) is 13.2 Å². The van der Waals surface area contributed by atoms with Crippen LogP contribution in [-0.2, 0) is 6.18 Å². The van der Waals surface area contributed by atoms with Crippen LogP contribution in [0.4, 0.5) is 13.2 Å². The highest BCUT2D eigenvalue weighted by molar-refractivity contribution is 5.96. The Kier molecular flexibility index (Phi) is 3.12. The second kappa shape index (κ2) is 4.84. The Morgan fingerprint density at radius 2 is 1.76 bits per heavy atom. The number of halogens is 3. The van der Waals surface area contributed by atoms with Crippen LogP contribution in [0.15, 0.2) is 42.5 Å². The van der Waals surface area contributed by atoms with Crippen LogP contribution in [0.3, 0.4) is 0 Å². The van der Waals surface area contributed by atoms with Crippen molar-refractivity contribution < 1.29 is 13.2 Å². The van der Waals surface area contributed by atoms with Gasteiger partial charge in [0.15, 0.2) is 0 Å². The van der Waals surface area contributed by atoms with Crippen molar-refractivity contribution in [2.45, 2.75) is 13.1 Å². The summed E-state index contributed by atoms with van der Waals surface area (Å²) >= 11 is 0. The first-order valence-corrected chi connectivity index (χ1v) is 6.28. The Bertz CT molecular complexity index is 810. The Morgan fingerprint density at radius 3 is 2.52 bits per heavy atom.